The van der Waals surface area contributed by atoms with Crippen molar-refractivity contribution in [2.75, 3.05) is 26.7 Å². The van der Waals surface area contributed by atoms with Crippen LogP contribution in [0.1, 0.15) is 35.3 Å². The minimum atomic E-state index is -3.89. The van der Waals surface area contributed by atoms with Crippen LogP contribution in [0.15, 0.2) is 52.3 Å². The predicted octanol–water partition coefficient (Wildman–Crippen LogP) is 1.42. The van der Waals surface area contributed by atoms with E-state index in [-0.39, 0.29) is 28.4 Å². The van der Waals surface area contributed by atoms with Crippen molar-refractivity contribution >= 4 is 31.9 Å². The Hall–Kier alpha value is -2.80. The van der Waals surface area contributed by atoms with Gasteiger partial charge in [-0.1, -0.05) is 37.6 Å². The van der Waals surface area contributed by atoms with Crippen molar-refractivity contribution in [3.05, 3.63) is 59.2 Å². The Morgan fingerprint density at radius 1 is 0.853 bits per heavy atom. The van der Waals surface area contributed by atoms with Gasteiger partial charge in [0.25, 0.3) is 11.8 Å². The zero-order valence-corrected chi connectivity index (χ0v) is 21.5. The van der Waals surface area contributed by atoms with Crippen molar-refractivity contribution in [1.82, 2.24) is 19.5 Å². The fourth-order valence-electron chi connectivity index (χ4n) is 3.14. The fraction of sp³-hybridized carbons (Fsp3) is 0.364. The van der Waals surface area contributed by atoms with Crippen LogP contribution >= 0.6 is 0 Å². The number of hydrogen-bond acceptors (Lipinski definition) is 6. The summed E-state index contributed by atoms with van der Waals surface area (Å²) in [5.74, 6) is -1.51. The third kappa shape index (κ3) is 6.20. The van der Waals surface area contributed by atoms with Crippen molar-refractivity contribution in [3.8, 4) is 0 Å². The topological polar surface area (TPSA) is 133 Å². The summed E-state index contributed by atoms with van der Waals surface area (Å²) in [6.45, 7) is 6.92. The van der Waals surface area contributed by atoms with E-state index in [0.717, 1.165) is 9.87 Å². The molecule has 0 atom stereocenters. The van der Waals surface area contributed by atoms with Crippen molar-refractivity contribution in [1.29, 1.82) is 0 Å². The van der Waals surface area contributed by atoms with Crippen LogP contribution in [-0.2, 0) is 24.8 Å². The standard InChI is InChI=1S/C22H30N4O6S2/c1-6-26(7-2)34(31,32)20-14-18(11-10-17(20)4)22(28)24-23-21(27)15-25(5)33(29,30)19-12-8-16(3)9-13-19/h8-14H,6-7,15H2,1-5H3,(H,23,27)(H,24,28). The highest BCUT2D eigenvalue weighted by Gasteiger charge is 2.25. The molecule has 0 radical (unpaired) electrons. The molecule has 0 heterocycles. The van der Waals surface area contributed by atoms with Gasteiger partial charge < -0.3 is 0 Å². The van der Waals surface area contributed by atoms with Crippen LogP contribution in [0.25, 0.3) is 0 Å². The Bertz CT molecular complexity index is 1250. The number of nitrogens with one attached hydrogen (secondary N) is 2. The summed E-state index contributed by atoms with van der Waals surface area (Å²) in [7, 11) is -6.43. The third-order valence-electron chi connectivity index (χ3n) is 5.18. The number of carbonyl (C=O) groups is 2. The van der Waals surface area contributed by atoms with E-state index in [4.69, 9.17) is 0 Å². The average Bonchev–Trinajstić information content (AvgIpc) is 2.78. The Morgan fingerprint density at radius 3 is 2.00 bits per heavy atom. The van der Waals surface area contributed by atoms with E-state index < -0.39 is 38.4 Å². The van der Waals surface area contributed by atoms with Gasteiger partial charge in [-0.25, -0.2) is 16.8 Å². The number of hydrazine groups is 1. The molecule has 2 N–H and O–H groups in total. The lowest BCUT2D eigenvalue weighted by atomic mass is 10.1. The SMILES string of the molecule is CCN(CC)S(=O)(=O)c1cc(C(=O)NNC(=O)CN(C)S(=O)(=O)c2ccc(C)cc2)ccc1C. The predicted molar refractivity (Wildman–Crippen MR) is 128 cm³/mol. The van der Waals surface area contributed by atoms with Gasteiger partial charge in [-0.2, -0.15) is 8.61 Å². The van der Waals surface area contributed by atoms with Crippen molar-refractivity contribution in [3.63, 3.8) is 0 Å². The monoisotopic (exact) mass is 510 g/mol. The van der Waals surface area contributed by atoms with Crippen LogP contribution in [0.5, 0.6) is 0 Å². The van der Waals surface area contributed by atoms with Gasteiger partial charge in [0.05, 0.1) is 16.3 Å². The number of aryl methyl sites for hydroxylation is 2. The molecule has 0 bridgehead atoms. The molecule has 34 heavy (non-hydrogen) atoms. The zero-order valence-electron chi connectivity index (χ0n) is 19.8. The smallest absolute Gasteiger partial charge is 0.269 e. The van der Waals surface area contributed by atoms with E-state index in [1.54, 1.807) is 32.9 Å². The molecule has 0 unspecified atom stereocenters. The second-order valence-corrected chi connectivity index (χ2v) is 11.6. The van der Waals surface area contributed by atoms with Gasteiger partial charge in [0, 0.05) is 25.7 Å². The van der Waals surface area contributed by atoms with Crippen LogP contribution in [0, 0.1) is 13.8 Å². The number of likely N-dealkylation sites (N-methyl/N-ethyl adjacent to an activating group) is 1. The summed E-state index contributed by atoms with van der Waals surface area (Å²) in [6.07, 6.45) is 0. The number of amides is 2. The molecule has 0 spiro atoms. The highest BCUT2D eigenvalue weighted by molar-refractivity contribution is 7.89. The largest absolute Gasteiger partial charge is 0.272 e. The molecule has 12 heteroatoms. The van der Waals surface area contributed by atoms with Crippen LogP contribution in [0.2, 0.25) is 0 Å². The fourth-order valence-corrected chi connectivity index (χ4v) is 5.97. The second kappa shape index (κ2) is 11.1. The number of rotatable bonds is 9. The maximum Gasteiger partial charge on any atom is 0.269 e. The first kappa shape index (κ1) is 27.4. The molecule has 0 aliphatic rings. The second-order valence-electron chi connectivity index (χ2n) is 7.65. The summed E-state index contributed by atoms with van der Waals surface area (Å²) in [5, 5.41) is 0. The van der Waals surface area contributed by atoms with Crippen LogP contribution in [0.4, 0.5) is 0 Å². The van der Waals surface area contributed by atoms with Gasteiger partial charge in [0.2, 0.25) is 20.0 Å². The lowest BCUT2D eigenvalue weighted by Gasteiger charge is -2.20. The number of nitrogens with zero attached hydrogens (tertiary/aromatic N) is 2. The lowest BCUT2D eigenvalue weighted by molar-refractivity contribution is -0.121. The highest BCUT2D eigenvalue weighted by Crippen LogP contribution is 2.21. The first-order chi connectivity index (χ1) is 15.8. The van der Waals surface area contributed by atoms with Crippen LogP contribution in [0.3, 0.4) is 0 Å². The molecule has 0 aromatic heterocycles. The maximum atomic E-state index is 12.9. The summed E-state index contributed by atoms with van der Waals surface area (Å²) in [5.41, 5.74) is 5.75. The lowest BCUT2D eigenvalue weighted by Crippen LogP contribution is -2.46. The molecule has 2 aromatic rings. The molecule has 0 fully saturated rings. The van der Waals surface area contributed by atoms with Crippen molar-refractivity contribution in [2.24, 2.45) is 0 Å². The first-order valence-corrected chi connectivity index (χ1v) is 13.5. The third-order valence-corrected chi connectivity index (χ3v) is 9.19. The minimum Gasteiger partial charge on any atom is -0.272 e. The molecule has 2 rings (SSSR count). The van der Waals surface area contributed by atoms with Gasteiger partial charge in [-0.05, 0) is 43.7 Å². The van der Waals surface area contributed by atoms with E-state index in [1.165, 1.54) is 41.7 Å². The Balaban J connectivity index is 2.08. The summed E-state index contributed by atoms with van der Waals surface area (Å²) in [6, 6.07) is 10.4. The van der Waals surface area contributed by atoms with E-state index in [0.29, 0.717) is 5.56 Å². The molecular formula is C22H30N4O6S2. The number of sulfonamides is 2. The van der Waals surface area contributed by atoms with Gasteiger partial charge in [-0.15, -0.1) is 0 Å². The van der Waals surface area contributed by atoms with Crippen molar-refractivity contribution < 1.29 is 26.4 Å². The van der Waals surface area contributed by atoms with Gasteiger partial charge in [0.15, 0.2) is 0 Å². The Kier molecular flexibility index (Phi) is 8.95. The van der Waals surface area contributed by atoms with Crippen LogP contribution < -0.4 is 10.9 Å². The molecule has 0 saturated heterocycles. The number of benzene rings is 2. The van der Waals surface area contributed by atoms with E-state index >= 15 is 0 Å². The molecule has 2 aromatic carbocycles. The summed E-state index contributed by atoms with van der Waals surface area (Å²) in [4.78, 5) is 24.8. The number of hydrogen-bond donors (Lipinski definition) is 2. The molecular weight excluding hydrogens is 480 g/mol. The van der Waals surface area contributed by atoms with Gasteiger partial charge in [-0.3, -0.25) is 20.4 Å². The average molecular weight is 511 g/mol. The van der Waals surface area contributed by atoms with Crippen molar-refractivity contribution in [2.45, 2.75) is 37.5 Å². The number of carbonyl (C=O) groups excluding carboxylic acids is 2. The van der Waals surface area contributed by atoms with Crippen LogP contribution in [-0.4, -0.2) is 63.9 Å². The molecule has 0 aliphatic carbocycles. The first-order valence-electron chi connectivity index (χ1n) is 10.6. The summed E-state index contributed by atoms with van der Waals surface area (Å²) >= 11 is 0. The van der Waals surface area contributed by atoms with Gasteiger partial charge >= 0.3 is 0 Å². The van der Waals surface area contributed by atoms with E-state index in [1.807, 2.05) is 6.92 Å². The van der Waals surface area contributed by atoms with E-state index in [2.05, 4.69) is 10.9 Å². The molecule has 2 amide bonds. The zero-order chi connectivity index (χ0) is 25.7. The van der Waals surface area contributed by atoms with Gasteiger partial charge in [0.1, 0.15) is 0 Å². The molecule has 0 saturated carbocycles. The molecule has 10 nitrogen and oxygen atoms in total. The Morgan fingerprint density at radius 2 is 1.44 bits per heavy atom. The Labute approximate surface area is 201 Å². The maximum absolute atomic E-state index is 12.9. The summed E-state index contributed by atoms with van der Waals surface area (Å²) < 4.78 is 53.1. The normalized spacial score (nSPS) is 12.1. The highest BCUT2D eigenvalue weighted by atomic mass is 32.2. The van der Waals surface area contributed by atoms with E-state index in [9.17, 15) is 26.4 Å². The quantitative estimate of drug-likeness (QED) is 0.490. The minimum absolute atomic E-state index is 0.000832. The molecule has 0 aliphatic heterocycles. The molecule has 186 valence electrons.